The minimum Gasteiger partial charge on any atom is -0.324 e. The molecule has 4 nitrogen and oxygen atoms in total. The third kappa shape index (κ3) is 3.32. The molecule has 118 valence electrons. The lowest BCUT2D eigenvalue weighted by molar-refractivity contribution is -0.122. The Kier molecular flexibility index (Phi) is 5.56. The predicted molar refractivity (Wildman–Crippen MR) is 93.7 cm³/mol. The zero-order valence-electron chi connectivity index (χ0n) is 12.5. The summed E-state index contributed by atoms with van der Waals surface area (Å²) in [6.07, 6.45) is 4.56. The number of aromatic nitrogens is 1. The first kappa shape index (κ1) is 16.9. The van der Waals surface area contributed by atoms with E-state index < -0.39 is 5.54 Å². The van der Waals surface area contributed by atoms with Gasteiger partial charge in [0.25, 0.3) is 0 Å². The van der Waals surface area contributed by atoms with Crippen LogP contribution in [0.4, 0.5) is 5.69 Å². The van der Waals surface area contributed by atoms with Crippen LogP contribution in [0.25, 0.3) is 10.6 Å². The minimum absolute atomic E-state index is 0. The summed E-state index contributed by atoms with van der Waals surface area (Å²) in [4.78, 5) is 16.9. The van der Waals surface area contributed by atoms with Gasteiger partial charge in [-0.25, -0.2) is 4.98 Å². The minimum atomic E-state index is -0.406. The number of rotatable bonds is 4. The second-order valence-electron chi connectivity index (χ2n) is 5.34. The Labute approximate surface area is 140 Å². The first-order chi connectivity index (χ1) is 10.2. The fraction of sp³-hybridized carbons (Fsp3) is 0.375. The van der Waals surface area contributed by atoms with Crippen molar-refractivity contribution >= 4 is 35.3 Å². The van der Waals surface area contributed by atoms with Gasteiger partial charge in [-0.05, 0) is 37.9 Å². The maximum atomic E-state index is 12.6. The summed E-state index contributed by atoms with van der Waals surface area (Å²) in [5.41, 5.74) is 1.46. The van der Waals surface area contributed by atoms with Crippen molar-refractivity contribution in [1.82, 2.24) is 10.3 Å². The fourth-order valence-corrected chi connectivity index (χ4v) is 3.44. The Morgan fingerprint density at radius 1 is 1.50 bits per heavy atom. The Morgan fingerprint density at radius 2 is 2.36 bits per heavy atom. The molecule has 0 aliphatic carbocycles. The van der Waals surface area contributed by atoms with Crippen molar-refractivity contribution in [2.24, 2.45) is 0 Å². The molecule has 0 saturated carbocycles. The van der Waals surface area contributed by atoms with Crippen molar-refractivity contribution in [1.29, 1.82) is 0 Å². The largest absolute Gasteiger partial charge is 0.324 e. The summed E-state index contributed by atoms with van der Waals surface area (Å²) in [6.45, 7) is 2.98. The molecular formula is C16H20ClN3OS. The van der Waals surface area contributed by atoms with Gasteiger partial charge in [0.05, 0.1) is 5.54 Å². The van der Waals surface area contributed by atoms with Crippen molar-refractivity contribution < 1.29 is 4.79 Å². The first-order valence-corrected chi connectivity index (χ1v) is 8.18. The van der Waals surface area contributed by atoms with E-state index in [1.807, 2.05) is 29.6 Å². The summed E-state index contributed by atoms with van der Waals surface area (Å²) in [6, 6.07) is 7.87. The number of halogens is 1. The van der Waals surface area contributed by atoms with Gasteiger partial charge in [0.2, 0.25) is 5.91 Å². The van der Waals surface area contributed by atoms with E-state index in [0.717, 1.165) is 42.1 Å². The molecule has 3 rings (SSSR count). The number of nitrogens with one attached hydrogen (secondary N) is 2. The average molecular weight is 338 g/mol. The van der Waals surface area contributed by atoms with Crippen molar-refractivity contribution in [3.8, 4) is 10.6 Å². The molecule has 0 bridgehead atoms. The van der Waals surface area contributed by atoms with Crippen LogP contribution in [0, 0.1) is 0 Å². The molecule has 2 N–H and O–H groups in total. The molecule has 1 amide bonds. The van der Waals surface area contributed by atoms with Crippen molar-refractivity contribution in [2.45, 2.75) is 31.7 Å². The van der Waals surface area contributed by atoms with Crippen LogP contribution < -0.4 is 10.6 Å². The van der Waals surface area contributed by atoms with Crippen LogP contribution in [0.2, 0.25) is 0 Å². The van der Waals surface area contributed by atoms with E-state index in [9.17, 15) is 4.79 Å². The number of benzene rings is 1. The van der Waals surface area contributed by atoms with E-state index in [0.29, 0.717) is 0 Å². The first-order valence-electron chi connectivity index (χ1n) is 7.30. The number of hydrogen-bond donors (Lipinski definition) is 2. The van der Waals surface area contributed by atoms with Crippen molar-refractivity contribution in [3.63, 3.8) is 0 Å². The van der Waals surface area contributed by atoms with Gasteiger partial charge in [-0.15, -0.1) is 23.7 Å². The number of carbonyl (C=O) groups excluding carboxylic acids is 1. The predicted octanol–water partition coefficient (Wildman–Crippen LogP) is 3.70. The SMILES string of the molecule is CCC1(C(=O)Nc2cccc(-c3nccs3)c2)CCCN1.Cl. The average Bonchev–Trinajstić information content (AvgIpc) is 3.20. The molecule has 0 radical (unpaired) electrons. The van der Waals surface area contributed by atoms with E-state index >= 15 is 0 Å². The third-order valence-corrected chi connectivity index (χ3v) is 4.90. The van der Waals surface area contributed by atoms with Gasteiger partial charge in [-0.1, -0.05) is 19.1 Å². The molecule has 1 aromatic heterocycles. The van der Waals surface area contributed by atoms with Gasteiger partial charge in [0.1, 0.15) is 5.01 Å². The molecule has 1 aliphatic heterocycles. The summed E-state index contributed by atoms with van der Waals surface area (Å²) >= 11 is 1.60. The molecule has 22 heavy (non-hydrogen) atoms. The van der Waals surface area contributed by atoms with E-state index in [1.165, 1.54) is 0 Å². The normalized spacial score (nSPS) is 20.4. The third-order valence-electron chi connectivity index (χ3n) is 4.08. The topological polar surface area (TPSA) is 54.0 Å². The molecule has 1 atom stereocenters. The number of hydrogen-bond acceptors (Lipinski definition) is 4. The molecule has 1 aromatic carbocycles. The van der Waals surface area contributed by atoms with Crippen molar-refractivity contribution in [3.05, 3.63) is 35.8 Å². The summed E-state index contributed by atoms with van der Waals surface area (Å²) < 4.78 is 0. The van der Waals surface area contributed by atoms with Gasteiger partial charge in [-0.2, -0.15) is 0 Å². The second kappa shape index (κ2) is 7.22. The quantitative estimate of drug-likeness (QED) is 0.894. The highest BCUT2D eigenvalue weighted by Crippen LogP contribution is 2.27. The smallest absolute Gasteiger partial charge is 0.244 e. The Hall–Kier alpha value is -1.43. The van der Waals surface area contributed by atoms with E-state index in [4.69, 9.17) is 0 Å². The van der Waals surface area contributed by atoms with E-state index in [2.05, 4.69) is 22.5 Å². The van der Waals surface area contributed by atoms with Gasteiger partial charge in [-0.3, -0.25) is 4.79 Å². The highest BCUT2D eigenvalue weighted by atomic mass is 35.5. The van der Waals surface area contributed by atoms with Crippen LogP contribution in [-0.4, -0.2) is 23.0 Å². The Balaban J connectivity index is 0.00000176. The molecule has 0 spiro atoms. The second-order valence-corrected chi connectivity index (χ2v) is 6.23. The maximum Gasteiger partial charge on any atom is 0.244 e. The Morgan fingerprint density at radius 3 is 3.00 bits per heavy atom. The summed E-state index contributed by atoms with van der Waals surface area (Å²) in [5, 5.41) is 9.33. The highest BCUT2D eigenvalue weighted by molar-refractivity contribution is 7.13. The van der Waals surface area contributed by atoms with E-state index in [1.54, 1.807) is 17.5 Å². The lowest BCUT2D eigenvalue weighted by Gasteiger charge is -2.26. The molecule has 1 saturated heterocycles. The van der Waals surface area contributed by atoms with Crippen LogP contribution in [0.3, 0.4) is 0 Å². The molecule has 1 aliphatic rings. The van der Waals surface area contributed by atoms with Gasteiger partial charge in [0, 0.05) is 22.8 Å². The molecule has 2 heterocycles. The number of anilines is 1. The van der Waals surface area contributed by atoms with Crippen LogP contribution in [0.5, 0.6) is 0 Å². The van der Waals surface area contributed by atoms with Crippen LogP contribution in [0.1, 0.15) is 26.2 Å². The number of amides is 1. The summed E-state index contributed by atoms with van der Waals surface area (Å²) in [7, 11) is 0. The molecule has 1 unspecified atom stereocenters. The summed E-state index contributed by atoms with van der Waals surface area (Å²) in [5.74, 6) is 0.0683. The number of nitrogens with zero attached hydrogens (tertiary/aromatic N) is 1. The lowest BCUT2D eigenvalue weighted by Crippen LogP contribution is -2.50. The Bertz CT molecular complexity index is 624. The van der Waals surface area contributed by atoms with Crippen LogP contribution >= 0.6 is 23.7 Å². The van der Waals surface area contributed by atoms with Gasteiger partial charge >= 0.3 is 0 Å². The molecule has 2 aromatic rings. The van der Waals surface area contributed by atoms with Crippen LogP contribution in [-0.2, 0) is 4.79 Å². The fourth-order valence-electron chi connectivity index (χ4n) is 2.81. The zero-order valence-corrected chi connectivity index (χ0v) is 14.1. The van der Waals surface area contributed by atoms with Gasteiger partial charge < -0.3 is 10.6 Å². The van der Waals surface area contributed by atoms with Gasteiger partial charge in [0.15, 0.2) is 0 Å². The number of thiazole rings is 1. The van der Waals surface area contributed by atoms with Crippen molar-refractivity contribution in [2.75, 3.05) is 11.9 Å². The molecule has 1 fully saturated rings. The van der Waals surface area contributed by atoms with Crippen LogP contribution in [0.15, 0.2) is 35.8 Å². The van der Waals surface area contributed by atoms with E-state index in [-0.39, 0.29) is 18.3 Å². The lowest BCUT2D eigenvalue weighted by atomic mass is 9.93. The zero-order chi connectivity index (χ0) is 14.7. The molecular weight excluding hydrogens is 318 g/mol. The maximum absolute atomic E-state index is 12.6. The monoisotopic (exact) mass is 337 g/mol. The molecule has 6 heteroatoms. The highest BCUT2D eigenvalue weighted by Gasteiger charge is 2.39. The number of carbonyl (C=O) groups is 1. The standard InChI is InChI=1S/C16H19N3OS.ClH/c1-2-16(7-4-8-18-16)15(20)19-13-6-3-5-12(11-13)14-17-9-10-21-14;/h3,5-6,9-11,18H,2,4,7-8H2,1H3,(H,19,20);1H.